The highest BCUT2D eigenvalue weighted by Crippen LogP contribution is 2.34. The van der Waals surface area contributed by atoms with Gasteiger partial charge in [0.1, 0.15) is 23.1 Å². The van der Waals surface area contributed by atoms with Crippen molar-refractivity contribution < 1.29 is 13.5 Å². The van der Waals surface area contributed by atoms with Crippen LogP contribution in [0.5, 0.6) is 11.5 Å². The molecule has 0 atom stereocenters. The van der Waals surface area contributed by atoms with Gasteiger partial charge in [0.2, 0.25) is 0 Å². The maximum absolute atomic E-state index is 13.8. The van der Waals surface area contributed by atoms with Gasteiger partial charge in [0.15, 0.2) is 0 Å². The lowest BCUT2D eigenvalue weighted by Crippen LogP contribution is -1.91. The topological polar surface area (TPSA) is 37.0 Å². The first-order valence-corrected chi connectivity index (χ1v) is 8.71. The van der Waals surface area contributed by atoms with Crippen molar-refractivity contribution in [2.75, 3.05) is 5.32 Å². The Hall–Kier alpha value is -2.76. The third-order valence-corrected chi connectivity index (χ3v) is 4.51. The van der Waals surface area contributed by atoms with Gasteiger partial charge in [0.25, 0.3) is 0 Å². The van der Waals surface area contributed by atoms with Crippen LogP contribution in [0.1, 0.15) is 0 Å². The van der Waals surface area contributed by atoms with Crippen molar-refractivity contribution in [1.82, 2.24) is 4.98 Å². The average molecular weight is 405 g/mol. The van der Waals surface area contributed by atoms with Gasteiger partial charge in [-0.25, -0.2) is 8.78 Å². The van der Waals surface area contributed by atoms with E-state index in [0.717, 1.165) is 6.07 Å². The number of hydrogen-bond acceptors (Lipinski definition) is 2. The van der Waals surface area contributed by atoms with E-state index in [2.05, 4.69) is 10.3 Å². The Bertz CT molecular complexity index is 1130. The molecule has 1 heterocycles. The van der Waals surface area contributed by atoms with Crippen LogP contribution in [0.4, 0.5) is 20.2 Å². The SMILES string of the molecule is Fc1cc(F)c2[nH]cc(Nc3ccc(Oc4ccc(Cl)cc4)c(Cl)c3)c2c1. The van der Waals surface area contributed by atoms with Gasteiger partial charge < -0.3 is 15.0 Å². The predicted octanol–water partition coefficient (Wildman–Crippen LogP) is 7.29. The monoisotopic (exact) mass is 404 g/mol. The fourth-order valence-corrected chi connectivity index (χ4v) is 3.05. The summed E-state index contributed by atoms with van der Waals surface area (Å²) in [4.78, 5) is 2.79. The molecule has 27 heavy (non-hydrogen) atoms. The molecule has 4 rings (SSSR count). The number of aromatic amines is 1. The Labute approximate surface area is 163 Å². The molecule has 0 aliphatic carbocycles. The van der Waals surface area contributed by atoms with Crippen molar-refractivity contribution in [3.63, 3.8) is 0 Å². The number of ether oxygens (including phenoxy) is 1. The molecule has 0 radical (unpaired) electrons. The van der Waals surface area contributed by atoms with E-state index in [1.165, 1.54) is 6.07 Å². The van der Waals surface area contributed by atoms with Gasteiger partial charge >= 0.3 is 0 Å². The third-order valence-electron chi connectivity index (χ3n) is 3.96. The smallest absolute Gasteiger partial charge is 0.150 e. The second kappa shape index (κ2) is 7.10. The molecule has 0 amide bonds. The van der Waals surface area contributed by atoms with E-state index in [1.807, 2.05) is 0 Å². The Morgan fingerprint density at radius 1 is 0.926 bits per heavy atom. The van der Waals surface area contributed by atoms with Crippen LogP contribution in [-0.2, 0) is 0 Å². The molecule has 7 heteroatoms. The number of hydrogen-bond donors (Lipinski definition) is 2. The molecule has 4 aromatic rings. The summed E-state index contributed by atoms with van der Waals surface area (Å²) in [7, 11) is 0. The number of H-pyrrole nitrogens is 1. The van der Waals surface area contributed by atoms with E-state index in [4.69, 9.17) is 27.9 Å². The third kappa shape index (κ3) is 3.70. The van der Waals surface area contributed by atoms with Gasteiger partial charge in [-0.05, 0) is 48.5 Å². The highest BCUT2D eigenvalue weighted by Gasteiger charge is 2.11. The molecule has 2 N–H and O–H groups in total. The van der Waals surface area contributed by atoms with Gasteiger partial charge in [-0.2, -0.15) is 0 Å². The van der Waals surface area contributed by atoms with E-state index < -0.39 is 11.6 Å². The number of halogens is 4. The number of anilines is 2. The maximum Gasteiger partial charge on any atom is 0.150 e. The Morgan fingerprint density at radius 3 is 2.44 bits per heavy atom. The van der Waals surface area contributed by atoms with Crippen molar-refractivity contribution in [2.45, 2.75) is 0 Å². The normalized spacial score (nSPS) is 11.0. The van der Waals surface area contributed by atoms with Crippen LogP contribution in [0.25, 0.3) is 10.9 Å². The summed E-state index contributed by atoms with van der Waals surface area (Å²) in [5, 5.41) is 4.50. The summed E-state index contributed by atoms with van der Waals surface area (Å²) >= 11 is 12.2. The quantitative estimate of drug-likeness (QED) is 0.374. The van der Waals surface area contributed by atoms with E-state index in [1.54, 1.807) is 48.7 Å². The molecule has 0 spiro atoms. The summed E-state index contributed by atoms with van der Waals surface area (Å²) in [5.41, 5.74) is 1.41. The largest absolute Gasteiger partial charge is 0.456 e. The van der Waals surface area contributed by atoms with Crippen LogP contribution in [0.15, 0.2) is 60.8 Å². The van der Waals surface area contributed by atoms with Crippen LogP contribution in [-0.4, -0.2) is 4.98 Å². The second-order valence-electron chi connectivity index (χ2n) is 5.84. The van der Waals surface area contributed by atoms with E-state index in [9.17, 15) is 8.78 Å². The number of fused-ring (bicyclic) bond motifs is 1. The standard InChI is InChI=1S/C20H12Cl2F2N2O/c21-11-1-4-14(5-2-11)27-19-6-3-13(9-16(19)22)26-18-10-25-20-15(18)7-12(23)8-17(20)24/h1-10,25-26H. The molecule has 1 aromatic heterocycles. The predicted molar refractivity (Wildman–Crippen MR) is 104 cm³/mol. The lowest BCUT2D eigenvalue weighted by atomic mass is 10.2. The molecular formula is C20H12Cl2F2N2O. The van der Waals surface area contributed by atoms with Gasteiger partial charge in [-0.15, -0.1) is 0 Å². The van der Waals surface area contributed by atoms with Crippen molar-refractivity contribution in [3.05, 3.63) is 82.5 Å². The molecule has 0 unspecified atom stereocenters. The Morgan fingerprint density at radius 2 is 1.70 bits per heavy atom. The first kappa shape index (κ1) is 17.6. The van der Waals surface area contributed by atoms with Crippen molar-refractivity contribution in [3.8, 4) is 11.5 Å². The lowest BCUT2D eigenvalue weighted by molar-refractivity contribution is 0.483. The van der Waals surface area contributed by atoms with Crippen molar-refractivity contribution >= 4 is 45.5 Å². The molecule has 0 saturated carbocycles. The molecule has 0 bridgehead atoms. The minimum atomic E-state index is -0.650. The molecule has 0 fully saturated rings. The lowest BCUT2D eigenvalue weighted by Gasteiger charge is -2.10. The van der Waals surface area contributed by atoms with E-state index in [0.29, 0.717) is 38.3 Å². The minimum Gasteiger partial charge on any atom is -0.456 e. The molecule has 0 saturated heterocycles. The fourth-order valence-electron chi connectivity index (χ4n) is 2.70. The van der Waals surface area contributed by atoms with Gasteiger partial charge in [-0.1, -0.05) is 23.2 Å². The van der Waals surface area contributed by atoms with Crippen LogP contribution in [0.2, 0.25) is 10.0 Å². The average Bonchev–Trinajstić information content (AvgIpc) is 3.02. The first-order valence-electron chi connectivity index (χ1n) is 7.96. The minimum absolute atomic E-state index is 0.229. The summed E-state index contributed by atoms with van der Waals surface area (Å²) in [6.07, 6.45) is 1.57. The summed E-state index contributed by atoms with van der Waals surface area (Å²) in [5.74, 6) is -0.222. The fraction of sp³-hybridized carbons (Fsp3) is 0. The van der Waals surface area contributed by atoms with Crippen LogP contribution in [0, 0.1) is 11.6 Å². The Kier molecular flexibility index (Phi) is 4.64. The highest BCUT2D eigenvalue weighted by atomic mass is 35.5. The van der Waals surface area contributed by atoms with Crippen LogP contribution < -0.4 is 10.1 Å². The molecule has 136 valence electrons. The van der Waals surface area contributed by atoms with Crippen LogP contribution >= 0.6 is 23.2 Å². The Balaban J connectivity index is 1.59. The van der Waals surface area contributed by atoms with Crippen LogP contribution in [0.3, 0.4) is 0 Å². The van der Waals surface area contributed by atoms with Crippen molar-refractivity contribution in [2.24, 2.45) is 0 Å². The number of benzene rings is 3. The summed E-state index contributed by atoms with van der Waals surface area (Å²) in [6, 6.07) is 14.1. The molecule has 0 aliphatic heterocycles. The van der Waals surface area contributed by atoms with Gasteiger partial charge in [-0.3, -0.25) is 0 Å². The van der Waals surface area contributed by atoms with E-state index >= 15 is 0 Å². The molecule has 3 nitrogen and oxygen atoms in total. The number of nitrogens with one attached hydrogen (secondary N) is 2. The molecule has 3 aromatic carbocycles. The second-order valence-corrected chi connectivity index (χ2v) is 6.68. The zero-order valence-corrected chi connectivity index (χ0v) is 15.2. The number of rotatable bonds is 4. The van der Waals surface area contributed by atoms with Gasteiger partial charge in [0.05, 0.1) is 16.2 Å². The number of aromatic nitrogens is 1. The van der Waals surface area contributed by atoms with Crippen molar-refractivity contribution in [1.29, 1.82) is 0 Å². The first-order chi connectivity index (χ1) is 13.0. The van der Waals surface area contributed by atoms with Gasteiger partial charge in [0, 0.05) is 28.4 Å². The maximum atomic E-state index is 13.8. The molecule has 0 aliphatic rings. The highest BCUT2D eigenvalue weighted by molar-refractivity contribution is 6.32. The summed E-state index contributed by atoms with van der Waals surface area (Å²) in [6.45, 7) is 0. The summed E-state index contributed by atoms with van der Waals surface area (Å²) < 4.78 is 33.1. The molecular weight excluding hydrogens is 393 g/mol. The zero-order valence-electron chi connectivity index (χ0n) is 13.7. The zero-order chi connectivity index (χ0) is 19.0. The van der Waals surface area contributed by atoms with E-state index in [-0.39, 0.29) is 5.52 Å².